The molecule has 1 aromatic rings. The zero-order valence-corrected chi connectivity index (χ0v) is 9.13. The third-order valence-electron chi connectivity index (χ3n) is 2.04. The second-order valence-corrected chi connectivity index (χ2v) is 4.30. The van der Waals surface area contributed by atoms with Crippen LogP contribution >= 0.6 is 15.9 Å². The molecule has 0 radical (unpaired) electrons. The van der Waals surface area contributed by atoms with Crippen LogP contribution in [0, 0.1) is 0 Å². The number of pyridine rings is 1. The number of halogens is 1. The van der Waals surface area contributed by atoms with Crippen molar-refractivity contribution in [2.75, 3.05) is 0 Å². The molecule has 4 heteroatoms. The van der Waals surface area contributed by atoms with Crippen LogP contribution in [0.1, 0.15) is 19.4 Å². The number of primary amides is 1. The largest absolute Gasteiger partial charge is 0.369 e. The molecule has 1 aromatic heterocycles. The van der Waals surface area contributed by atoms with Crippen LogP contribution in [0.4, 0.5) is 0 Å². The summed E-state index contributed by atoms with van der Waals surface area (Å²) < 4.78 is 0.847. The van der Waals surface area contributed by atoms with Crippen LogP contribution in [0.3, 0.4) is 0 Å². The predicted molar refractivity (Wildman–Crippen MR) is 54.2 cm³/mol. The van der Waals surface area contributed by atoms with Crippen LogP contribution < -0.4 is 5.73 Å². The van der Waals surface area contributed by atoms with Gasteiger partial charge in [0.05, 0.1) is 5.41 Å². The number of hydrogen-bond donors (Lipinski definition) is 1. The van der Waals surface area contributed by atoms with Crippen LogP contribution in [0.2, 0.25) is 0 Å². The van der Waals surface area contributed by atoms with Crippen molar-refractivity contribution in [1.29, 1.82) is 0 Å². The smallest absolute Gasteiger partial charge is 0.227 e. The Labute approximate surface area is 85.5 Å². The SMILES string of the molecule is CC(C)(C(N)=O)c1cncc(Br)c1. The molecule has 0 spiro atoms. The molecule has 13 heavy (non-hydrogen) atoms. The average Bonchev–Trinajstić information content (AvgIpc) is 2.04. The van der Waals surface area contributed by atoms with Crippen molar-refractivity contribution in [1.82, 2.24) is 4.98 Å². The van der Waals surface area contributed by atoms with E-state index in [9.17, 15) is 4.79 Å². The lowest BCUT2D eigenvalue weighted by molar-refractivity contribution is -0.122. The molecule has 0 saturated carbocycles. The summed E-state index contributed by atoms with van der Waals surface area (Å²) in [7, 11) is 0. The highest BCUT2D eigenvalue weighted by atomic mass is 79.9. The summed E-state index contributed by atoms with van der Waals surface area (Å²) in [4.78, 5) is 15.1. The number of amides is 1. The highest BCUT2D eigenvalue weighted by Gasteiger charge is 2.27. The third-order valence-corrected chi connectivity index (χ3v) is 2.48. The van der Waals surface area contributed by atoms with E-state index in [4.69, 9.17) is 5.73 Å². The van der Waals surface area contributed by atoms with E-state index in [1.807, 2.05) is 6.07 Å². The molecule has 2 N–H and O–H groups in total. The minimum Gasteiger partial charge on any atom is -0.369 e. The van der Waals surface area contributed by atoms with Crippen LogP contribution in [-0.4, -0.2) is 10.9 Å². The maximum absolute atomic E-state index is 11.1. The number of rotatable bonds is 2. The van der Waals surface area contributed by atoms with Gasteiger partial charge in [-0.1, -0.05) is 0 Å². The first-order valence-corrected chi connectivity index (χ1v) is 4.65. The van der Waals surface area contributed by atoms with E-state index in [-0.39, 0.29) is 5.91 Å². The van der Waals surface area contributed by atoms with Crippen LogP contribution in [0.5, 0.6) is 0 Å². The second-order valence-electron chi connectivity index (χ2n) is 3.38. The Hall–Kier alpha value is -0.900. The van der Waals surface area contributed by atoms with Gasteiger partial charge in [0.2, 0.25) is 5.91 Å². The number of carbonyl (C=O) groups excluding carboxylic acids is 1. The molecule has 0 aliphatic carbocycles. The molecular weight excluding hydrogens is 232 g/mol. The van der Waals surface area contributed by atoms with E-state index >= 15 is 0 Å². The lowest BCUT2D eigenvalue weighted by Gasteiger charge is -2.20. The summed E-state index contributed by atoms with van der Waals surface area (Å²) in [6.45, 7) is 3.55. The molecule has 0 bridgehead atoms. The van der Waals surface area contributed by atoms with Gasteiger partial charge in [0, 0.05) is 16.9 Å². The van der Waals surface area contributed by atoms with Crippen LogP contribution in [0.15, 0.2) is 22.9 Å². The molecular formula is C9H11BrN2O. The van der Waals surface area contributed by atoms with E-state index in [1.54, 1.807) is 26.2 Å². The summed E-state index contributed by atoms with van der Waals surface area (Å²) in [5.74, 6) is -0.354. The average molecular weight is 243 g/mol. The molecule has 3 nitrogen and oxygen atoms in total. The van der Waals surface area contributed by atoms with Crippen molar-refractivity contribution >= 4 is 21.8 Å². The Balaban J connectivity index is 3.14. The number of nitrogens with two attached hydrogens (primary N) is 1. The van der Waals surface area contributed by atoms with Crippen LogP contribution in [0.25, 0.3) is 0 Å². The van der Waals surface area contributed by atoms with Crippen molar-refractivity contribution in [2.45, 2.75) is 19.3 Å². The number of nitrogens with zero attached hydrogens (tertiary/aromatic N) is 1. The Morgan fingerprint density at radius 3 is 2.62 bits per heavy atom. The lowest BCUT2D eigenvalue weighted by atomic mass is 9.85. The number of carbonyl (C=O) groups is 1. The molecule has 70 valence electrons. The summed E-state index contributed by atoms with van der Waals surface area (Å²) in [5, 5.41) is 0. The number of hydrogen-bond acceptors (Lipinski definition) is 2. The van der Waals surface area contributed by atoms with E-state index < -0.39 is 5.41 Å². The third kappa shape index (κ3) is 2.06. The van der Waals surface area contributed by atoms with Crippen molar-refractivity contribution < 1.29 is 4.79 Å². The van der Waals surface area contributed by atoms with E-state index in [1.165, 1.54) is 0 Å². The standard InChI is InChI=1S/C9H11BrN2O/c1-9(2,8(11)13)6-3-7(10)5-12-4-6/h3-5H,1-2H3,(H2,11,13). The maximum atomic E-state index is 11.1. The predicted octanol–water partition coefficient (Wildman–Crippen LogP) is 1.61. The summed E-state index contributed by atoms with van der Waals surface area (Å²) in [6.07, 6.45) is 3.32. The van der Waals surface area contributed by atoms with Gasteiger partial charge >= 0.3 is 0 Å². The van der Waals surface area contributed by atoms with Crippen LogP contribution in [-0.2, 0) is 10.2 Å². The zero-order chi connectivity index (χ0) is 10.1. The van der Waals surface area contributed by atoms with E-state index in [0.29, 0.717) is 0 Å². The first kappa shape index (κ1) is 10.2. The highest BCUT2D eigenvalue weighted by Crippen LogP contribution is 2.23. The van der Waals surface area contributed by atoms with Gasteiger partial charge in [-0.3, -0.25) is 9.78 Å². The van der Waals surface area contributed by atoms with Gasteiger partial charge in [0.1, 0.15) is 0 Å². The van der Waals surface area contributed by atoms with Gasteiger partial charge in [0.15, 0.2) is 0 Å². The monoisotopic (exact) mass is 242 g/mol. The van der Waals surface area contributed by atoms with E-state index in [2.05, 4.69) is 20.9 Å². The summed E-state index contributed by atoms with van der Waals surface area (Å²) in [5.41, 5.74) is 5.41. The van der Waals surface area contributed by atoms with Crippen molar-refractivity contribution in [3.8, 4) is 0 Å². The highest BCUT2D eigenvalue weighted by molar-refractivity contribution is 9.10. The molecule has 0 fully saturated rings. The Morgan fingerprint density at radius 2 is 2.15 bits per heavy atom. The quantitative estimate of drug-likeness (QED) is 0.857. The summed E-state index contributed by atoms with van der Waals surface area (Å²) >= 11 is 3.29. The zero-order valence-electron chi connectivity index (χ0n) is 7.54. The molecule has 0 saturated heterocycles. The van der Waals surface area contributed by atoms with Gasteiger partial charge < -0.3 is 5.73 Å². The van der Waals surface area contributed by atoms with Crippen molar-refractivity contribution in [3.63, 3.8) is 0 Å². The molecule has 1 heterocycles. The number of aromatic nitrogens is 1. The molecule has 1 amide bonds. The molecule has 0 aromatic carbocycles. The summed E-state index contributed by atoms with van der Waals surface area (Å²) in [6, 6.07) is 1.84. The molecule has 0 aliphatic heterocycles. The first-order chi connectivity index (χ1) is 5.94. The van der Waals surface area contributed by atoms with Gasteiger partial charge in [-0.2, -0.15) is 0 Å². The van der Waals surface area contributed by atoms with E-state index in [0.717, 1.165) is 10.0 Å². The normalized spacial score (nSPS) is 11.3. The van der Waals surface area contributed by atoms with Gasteiger partial charge in [-0.25, -0.2) is 0 Å². The maximum Gasteiger partial charge on any atom is 0.227 e. The molecule has 0 unspecified atom stereocenters. The Bertz CT molecular complexity index is 336. The van der Waals surface area contributed by atoms with Crippen molar-refractivity contribution in [2.24, 2.45) is 5.73 Å². The fourth-order valence-electron chi connectivity index (χ4n) is 0.896. The fraction of sp³-hybridized carbons (Fsp3) is 0.333. The first-order valence-electron chi connectivity index (χ1n) is 3.85. The van der Waals surface area contributed by atoms with Gasteiger partial charge in [-0.05, 0) is 41.4 Å². The fourth-order valence-corrected chi connectivity index (χ4v) is 1.26. The minimum atomic E-state index is -0.670. The molecule has 0 atom stereocenters. The second kappa shape index (κ2) is 3.46. The minimum absolute atomic E-state index is 0.354. The van der Waals surface area contributed by atoms with Gasteiger partial charge in [-0.15, -0.1) is 0 Å². The lowest BCUT2D eigenvalue weighted by Crippen LogP contribution is -2.35. The molecule has 1 rings (SSSR count). The molecule has 0 aliphatic rings. The van der Waals surface area contributed by atoms with Crippen molar-refractivity contribution in [3.05, 3.63) is 28.5 Å². The Kier molecular flexibility index (Phi) is 2.71. The topological polar surface area (TPSA) is 56.0 Å². The Morgan fingerprint density at radius 1 is 1.54 bits per heavy atom. The van der Waals surface area contributed by atoms with Gasteiger partial charge in [0.25, 0.3) is 0 Å².